The summed E-state index contributed by atoms with van der Waals surface area (Å²) in [5.74, 6) is 1.07. The smallest absolute Gasteiger partial charge is 0.220 e. The number of amides is 1. The van der Waals surface area contributed by atoms with Crippen molar-refractivity contribution in [3.05, 3.63) is 42.0 Å². The van der Waals surface area contributed by atoms with Gasteiger partial charge < -0.3 is 15.2 Å². The van der Waals surface area contributed by atoms with Crippen molar-refractivity contribution < 1.29 is 14.6 Å². The minimum Gasteiger partial charge on any atom is -0.491 e. The van der Waals surface area contributed by atoms with Crippen molar-refractivity contribution in [3.63, 3.8) is 0 Å². The first-order valence-electron chi connectivity index (χ1n) is 7.92. The van der Waals surface area contributed by atoms with Gasteiger partial charge in [0, 0.05) is 13.0 Å². The van der Waals surface area contributed by atoms with E-state index in [9.17, 15) is 9.90 Å². The molecule has 0 fully saturated rings. The van der Waals surface area contributed by atoms with Gasteiger partial charge in [0.15, 0.2) is 0 Å². The summed E-state index contributed by atoms with van der Waals surface area (Å²) in [5, 5.41) is 13.0. The fourth-order valence-electron chi connectivity index (χ4n) is 2.57. The van der Waals surface area contributed by atoms with E-state index in [1.807, 2.05) is 38.1 Å². The Hall–Kier alpha value is -1.81. The normalized spacial score (nSPS) is 18.5. The zero-order chi connectivity index (χ0) is 15.9. The Labute approximate surface area is 132 Å². The molecule has 0 radical (unpaired) electrons. The lowest BCUT2D eigenvalue weighted by Gasteiger charge is -2.15. The van der Waals surface area contributed by atoms with Crippen LogP contribution in [-0.2, 0) is 4.79 Å². The molecule has 22 heavy (non-hydrogen) atoms. The lowest BCUT2D eigenvalue weighted by atomic mass is 10.0. The second kappa shape index (κ2) is 7.99. The number of hydrogen-bond acceptors (Lipinski definition) is 3. The molecule has 4 heteroatoms. The van der Waals surface area contributed by atoms with Crippen LogP contribution in [0.3, 0.4) is 0 Å². The molecule has 2 N–H and O–H groups in total. The van der Waals surface area contributed by atoms with Gasteiger partial charge in [-0.05, 0) is 50.3 Å². The average molecular weight is 303 g/mol. The number of allylic oxidation sites excluding steroid dienone is 2. The van der Waals surface area contributed by atoms with Crippen molar-refractivity contribution >= 4 is 5.91 Å². The fraction of sp³-hybridized carbons (Fsp3) is 0.500. The molecule has 0 aliphatic heterocycles. The summed E-state index contributed by atoms with van der Waals surface area (Å²) in [6, 6.07) is 7.36. The van der Waals surface area contributed by atoms with Crippen LogP contribution < -0.4 is 10.1 Å². The van der Waals surface area contributed by atoms with Crippen LogP contribution in [0.4, 0.5) is 0 Å². The Kier molecular flexibility index (Phi) is 6.01. The van der Waals surface area contributed by atoms with Gasteiger partial charge in [0.1, 0.15) is 5.75 Å². The Morgan fingerprint density at radius 1 is 1.45 bits per heavy atom. The summed E-state index contributed by atoms with van der Waals surface area (Å²) in [6.45, 7) is 4.14. The summed E-state index contributed by atoms with van der Waals surface area (Å²) < 4.78 is 5.61. The van der Waals surface area contributed by atoms with Crippen molar-refractivity contribution in [1.82, 2.24) is 5.32 Å². The van der Waals surface area contributed by atoms with Gasteiger partial charge >= 0.3 is 0 Å². The molecule has 2 unspecified atom stereocenters. The molecule has 0 bridgehead atoms. The van der Waals surface area contributed by atoms with Crippen LogP contribution >= 0.6 is 0 Å². The third-order valence-electron chi connectivity index (χ3n) is 3.67. The monoisotopic (exact) mass is 303 g/mol. The van der Waals surface area contributed by atoms with Gasteiger partial charge in [-0.3, -0.25) is 4.79 Å². The van der Waals surface area contributed by atoms with Gasteiger partial charge in [0.25, 0.3) is 0 Å². The van der Waals surface area contributed by atoms with E-state index < -0.39 is 6.10 Å². The lowest BCUT2D eigenvalue weighted by Crippen LogP contribution is -2.29. The molecule has 2 atom stereocenters. The summed E-state index contributed by atoms with van der Waals surface area (Å²) in [7, 11) is 0. The largest absolute Gasteiger partial charge is 0.491 e. The summed E-state index contributed by atoms with van der Waals surface area (Å²) >= 11 is 0. The van der Waals surface area contributed by atoms with Gasteiger partial charge in [-0.1, -0.05) is 24.3 Å². The molecule has 2 rings (SSSR count). The Morgan fingerprint density at radius 3 is 2.95 bits per heavy atom. The predicted octanol–water partition coefficient (Wildman–Crippen LogP) is 2.98. The van der Waals surface area contributed by atoms with Gasteiger partial charge in [-0.2, -0.15) is 0 Å². The van der Waals surface area contributed by atoms with E-state index >= 15 is 0 Å². The Balaban J connectivity index is 1.82. The number of ether oxygens (including phenoxy) is 1. The highest BCUT2D eigenvalue weighted by Crippen LogP contribution is 2.21. The third-order valence-corrected chi connectivity index (χ3v) is 3.67. The van der Waals surface area contributed by atoms with E-state index in [0.717, 1.165) is 24.2 Å². The number of carbonyl (C=O) groups is 1. The number of carbonyl (C=O) groups excluding carboxylic acids is 1. The summed E-state index contributed by atoms with van der Waals surface area (Å²) in [4.78, 5) is 11.9. The second-order valence-corrected chi connectivity index (χ2v) is 6.03. The van der Waals surface area contributed by atoms with E-state index in [1.54, 1.807) is 0 Å². The molecule has 0 saturated carbocycles. The Morgan fingerprint density at radius 2 is 2.27 bits per heavy atom. The molecule has 0 aromatic heterocycles. The molecule has 0 saturated heterocycles. The molecule has 0 heterocycles. The van der Waals surface area contributed by atoms with Gasteiger partial charge in [-0.15, -0.1) is 0 Å². The fourth-order valence-corrected chi connectivity index (χ4v) is 2.57. The molecular formula is C18H25NO3. The van der Waals surface area contributed by atoms with Crippen molar-refractivity contribution in [2.24, 2.45) is 5.92 Å². The standard InChI is InChI=1S/C18H25NO3/c1-13(2)22-16-9-5-8-15(11-16)17(20)12-19-18(21)10-14-6-3-4-7-14/h3,5-6,8-9,11,13-14,17,20H,4,7,10,12H2,1-2H3,(H,19,21). The topological polar surface area (TPSA) is 58.6 Å². The minimum atomic E-state index is -0.723. The first kappa shape index (κ1) is 16.6. The van der Waals surface area contributed by atoms with Crippen LogP contribution in [-0.4, -0.2) is 23.7 Å². The maximum Gasteiger partial charge on any atom is 0.220 e. The molecule has 1 aliphatic carbocycles. The maximum atomic E-state index is 11.9. The van der Waals surface area contributed by atoms with Crippen LogP contribution in [0.25, 0.3) is 0 Å². The number of hydrogen-bond donors (Lipinski definition) is 2. The summed E-state index contributed by atoms with van der Waals surface area (Å²) in [5.41, 5.74) is 0.749. The highest BCUT2D eigenvalue weighted by molar-refractivity contribution is 5.76. The minimum absolute atomic E-state index is 0.00909. The van der Waals surface area contributed by atoms with E-state index in [-0.39, 0.29) is 18.6 Å². The average Bonchev–Trinajstić information content (AvgIpc) is 2.97. The zero-order valence-electron chi connectivity index (χ0n) is 13.3. The van der Waals surface area contributed by atoms with Gasteiger partial charge in [0.2, 0.25) is 5.91 Å². The quantitative estimate of drug-likeness (QED) is 0.761. The van der Waals surface area contributed by atoms with Crippen LogP contribution in [0.5, 0.6) is 5.75 Å². The predicted molar refractivity (Wildman–Crippen MR) is 86.7 cm³/mol. The van der Waals surface area contributed by atoms with Gasteiger partial charge in [-0.25, -0.2) is 0 Å². The molecule has 1 aliphatic rings. The van der Waals surface area contributed by atoms with Crippen LogP contribution in [0, 0.1) is 5.92 Å². The highest BCUT2D eigenvalue weighted by Gasteiger charge is 2.15. The zero-order valence-corrected chi connectivity index (χ0v) is 13.3. The van der Waals surface area contributed by atoms with Gasteiger partial charge in [0.05, 0.1) is 12.2 Å². The highest BCUT2D eigenvalue weighted by atomic mass is 16.5. The maximum absolute atomic E-state index is 11.9. The van der Waals surface area contributed by atoms with Crippen LogP contribution in [0.2, 0.25) is 0 Å². The van der Waals surface area contributed by atoms with Crippen LogP contribution in [0.15, 0.2) is 36.4 Å². The van der Waals surface area contributed by atoms with Crippen molar-refractivity contribution in [3.8, 4) is 5.75 Å². The third kappa shape index (κ3) is 5.19. The molecule has 1 aromatic rings. The van der Waals surface area contributed by atoms with Crippen molar-refractivity contribution in [2.75, 3.05) is 6.54 Å². The van der Waals surface area contributed by atoms with E-state index in [0.29, 0.717) is 12.3 Å². The first-order valence-corrected chi connectivity index (χ1v) is 7.92. The SMILES string of the molecule is CC(C)Oc1cccc(C(O)CNC(=O)CC2C=CCC2)c1. The molecular weight excluding hydrogens is 278 g/mol. The number of aliphatic hydroxyl groups is 1. The van der Waals surface area contributed by atoms with E-state index in [2.05, 4.69) is 17.5 Å². The molecule has 0 spiro atoms. The molecule has 1 amide bonds. The lowest BCUT2D eigenvalue weighted by molar-refractivity contribution is -0.122. The Bertz CT molecular complexity index is 525. The first-order chi connectivity index (χ1) is 10.5. The van der Waals surface area contributed by atoms with Crippen molar-refractivity contribution in [2.45, 2.75) is 45.3 Å². The van der Waals surface area contributed by atoms with E-state index in [1.165, 1.54) is 0 Å². The van der Waals surface area contributed by atoms with Crippen molar-refractivity contribution in [1.29, 1.82) is 0 Å². The number of aliphatic hydroxyl groups excluding tert-OH is 1. The number of benzene rings is 1. The van der Waals surface area contributed by atoms with E-state index in [4.69, 9.17) is 4.74 Å². The number of nitrogens with one attached hydrogen (secondary N) is 1. The molecule has 4 nitrogen and oxygen atoms in total. The number of rotatable bonds is 7. The molecule has 120 valence electrons. The summed E-state index contributed by atoms with van der Waals surface area (Å²) in [6.07, 6.45) is 6.19. The second-order valence-electron chi connectivity index (χ2n) is 6.03. The molecule has 1 aromatic carbocycles. The van der Waals surface area contributed by atoms with Crippen LogP contribution in [0.1, 0.15) is 44.8 Å².